The van der Waals surface area contributed by atoms with E-state index < -0.39 is 5.25 Å². The summed E-state index contributed by atoms with van der Waals surface area (Å²) in [4.78, 5) is 12.9. The molecule has 0 saturated carbocycles. The lowest BCUT2D eigenvalue weighted by atomic mass is 10.1. The fourth-order valence-electron chi connectivity index (χ4n) is 3.52. The Morgan fingerprint density at radius 1 is 0.971 bits per heavy atom. The number of benzene rings is 3. The third-order valence-electron chi connectivity index (χ3n) is 5.32. The number of thioether (sulfide) groups is 1. The Balaban J connectivity index is 1.57. The van der Waals surface area contributed by atoms with Crippen LogP contribution in [0.3, 0.4) is 0 Å². The molecule has 0 aliphatic rings. The van der Waals surface area contributed by atoms with E-state index in [-0.39, 0.29) is 5.91 Å². The molecule has 1 atom stereocenters. The van der Waals surface area contributed by atoms with E-state index in [1.807, 2.05) is 85.1 Å². The van der Waals surface area contributed by atoms with E-state index in [0.29, 0.717) is 23.9 Å². The Hall–Kier alpha value is -3.78. The zero-order chi connectivity index (χ0) is 24.6. The van der Waals surface area contributed by atoms with E-state index in [4.69, 9.17) is 9.47 Å². The van der Waals surface area contributed by atoms with Crippen LogP contribution >= 0.6 is 11.8 Å². The smallest absolute Gasteiger partial charge is 0.237 e. The zero-order valence-corrected chi connectivity index (χ0v) is 20.8. The number of nitrogens with zero attached hydrogens (tertiary/aromatic N) is 3. The van der Waals surface area contributed by atoms with Gasteiger partial charge in [-0.15, -0.1) is 10.2 Å². The predicted octanol–water partition coefficient (Wildman–Crippen LogP) is 5.38. The van der Waals surface area contributed by atoms with Crippen LogP contribution in [0.5, 0.6) is 11.5 Å². The molecule has 3 aromatic carbocycles. The molecule has 0 aliphatic carbocycles. The number of rotatable bonds is 10. The second-order valence-corrected chi connectivity index (χ2v) is 9.11. The van der Waals surface area contributed by atoms with Gasteiger partial charge < -0.3 is 14.8 Å². The average molecular weight is 489 g/mol. The molecule has 1 aromatic heterocycles. The first kappa shape index (κ1) is 24.3. The molecule has 0 spiro atoms. The maximum Gasteiger partial charge on any atom is 0.237 e. The first-order valence-electron chi connectivity index (χ1n) is 11.4. The number of nitrogens with one attached hydrogen (secondary N) is 1. The van der Waals surface area contributed by atoms with Crippen LogP contribution in [0.15, 0.2) is 84.0 Å². The highest BCUT2D eigenvalue weighted by molar-refractivity contribution is 8.00. The summed E-state index contributed by atoms with van der Waals surface area (Å²) in [5, 5.41) is 12.1. The lowest BCUT2D eigenvalue weighted by molar-refractivity contribution is -0.115. The standard InChI is InChI=1S/C27H28N4O3S/c1-4-34-24-16-12-22(13-17-24)31-25(18-20-8-6-5-7-9-20)29-30-27(31)35-19(2)26(32)28-21-10-14-23(33-3)15-11-21/h5-17,19H,4,18H2,1-3H3,(H,28,32). The predicted molar refractivity (Wildman–Crippen MR) is 139 cm³/mol. The number of carbonyl (C=O) groups excluding carboxylic acids is 1. The maximum atomic E-state index is 12.9. The molecule has 1 N–H and O–H groups in total. The highest BCUT2D eigenvalue weighted by atomic mass is 32.2. The summed E-state index contributed by atoms with van der Waals surface area (Å²) in [5.41, 5.74) is 2.75. The van der Waals surface area contributed by atoms with Crippen molar-refractivity contribution in [3.05, 3.63) is 90.3 Å². The lowest BCUT2D eigenvalue weighted by Gasteiger charge is -2.15. The molecule has 4 rings (SSSR count). The number of aromatic nitrogens is 3. The number of hydrogen-bond donors (Lipinski definition) is 1. The largest absolute Gasteiger partial charge is 0.497 e. The quantitative estimate of drug-likeness (QED) is 0.302. The van der Waals surface area contributed by atoms with Crippen molar-refractivity contribution in [1.82, 2.24) is 14.8 Å². The van der Waals surface area contributed by atoms with Gasteiger partial charge >= 0.3 is 0 Å². The Bertz CT molecular complexity index is 1240. The second-order valence-electron chi connectivity index (χ2n) is 7.80. The van der Waals surface area contributed by atoms with Crippen molar-refractivity contribution in [2.45, 2.75) is 30.7 Å². The van der Waals surface area contributed by atoms with E-state index in [1.54, 1.807) is 7.11 Å². The van der Waals surface area contributed by atoms with E-state index >= 15 is 0 Å². The zero-order valence-electron chi connectivity index (χ0n) is 20.0. The topological polar surface area (TPSA) is 78.3 Å². The van der Waals surface area contributed by atoms with Gasteiger partial charge in [-0.25, -0.2) is 0 Å². The van der Waals surface area contributed by atoms with Crippen molar-refractivity contribution < 1.29 is 14.3 Å². The van der Waals surface area contributed by atoms with Gasteiger partial charge in [-0.1, -0.05) is 42.1 Å². The summed E-state index contributed by atoms with van der Waals surface area (Å²) in [5.74, 6) is 2.21. The van der Waals surface area contributed by atoms with E-state index in [0.717, 1.165) is 28.6 Å². The minimum atomic E-state index is -0.396. The Morgan fingerprint density at radius 3 is 2.31 bits per heavy atom. The molecule has 4 aromatic rings. The van der Waals surface area contributed by atoms with Gasteiger partial charge in [0.05, 0.1) is 19.0 Å². The third-order valence-corrected chi connectivity index (χ3v) is 6.36. The van der Waals surface area contributed by atoms with Crippen molar-refractivity contribution in [3.63, 3.8) is 0 Å². The number of anilines is 1. The Morgan fingerprint density at radius 2 is 1.66 bits per heavy atom. The van der Waals surface area contributed by atoms with Crippen LogP contribution in [0.25, 0.3) is 5.69 Å². The minimum Gasteiger partial charge on any atom is -0.497 e. The molecule has 35 heavy (non-hydrogen) atoms. The fourth-order valence-corrected chi connectivity index (χ4v) is 4.40. The maximum absolute atomic E-state index is 12.9. The first-order chi connectivity index (χ1) is 17.1. The van der Waals surface area contributed by atoms with E-state index in [2.05, 4.69) is 27.6 Å². The van der Waals surface area contributed by atoms with Crippen LogP contribution in [0.1, 0.15) is 25.2 Å². The van der Waals surface area contributed by atoms with Gasteiger partial charge in [0, 0.05) is 17.8 Å². The summed E-state index contributed by atoms with van der Waals surface area (Å²) < 4.78 is 12.8. The molecule has 0 bridgehead atoms. The first-order valence-corrected chi connectivity index (χ1v) is 12.3. The monoisotopic (exact) mass is 488 g/mol. The van der Waals surface area contributed by atoms with Gasteiger partial charge in [0.25, 0.3) is 0 Å². The SMILES string of the molecule is CCOc1ccc(-n2c(Cc3ccccc3)nnc2SC(C)C(=O)Nc2ccc(OC)cc2)cc1. The van der Waals surface area contributed by atoms with Gasteiger partial charge in [0.1, 0.15) is 17.3 Å². The molecule has 0 fully saturated rings. The Labute approximate surface area is 209 Å². The molecule has 0 saturated heterocycles. The highest BCUT2D eigenvalue weighted by Gasteiger charge is 2.21. The lowest BCUT2D eigenvalue weighted by Crippen LogP contribution is -2.23. The van der Waals surface area contributed by atoms with Crippen molar-refractivity contribution >= 4 is 23.4 Å². The van der Waals surface area contributed by atoms with E-state index in [9.17, 15) is 4.79 Å². The average Bonchev–Trinajstić information content (AvgIpc) is 3.27. The molecule has 8 heteroatoms. The number of carbonyl (C=O) groups is 1. The molecule has 0 aliphatic heterocycles. The molecule has 1 amide bonds. The van der Waals surface area contributed by atoms with Crippen molar-refractivity contribution in [2.75, 3.05) is 19.0 Å². The van der Waals surface area contributed by atoms with Crippen LogP contribution < -0.4 is 14.8 Å². The van der Waals surface area contributed by atoms with Gasteiger partial charge in [-0.05, 0) is 67.9 Å². The molecule has 180 valence electrons. The fraction of sp³-hybridized carbons (Fsp3) is 0.222. The Kier molecular flexibility index (Phi) is 8.05. The second kappa shape index (κ2) is 11.6. The normalized spacial score (nSPS) is 11.6. The number of amides is 1. The molecular formula is C27H28N4O3S. The summed E-state index contributed by atoms with van der Waals surface area (Å²) in [7, 11) is 1.61. The molecule has 1 heterocycles. The highest BCUT2D eigenvalue weighted by Crippen LogP contribution is 2.28. The molecule has 0 radical (unpaired) electrons. The van der Waals surface area contributed by atoms with Crippen LogP contribution in [-0.4, -0.2) is 39.6 Å². The van der Waals surface area contributed by atoms with Crippen LogP contribution in [0, 0.1) is 0 Å². The van der Waals surface area contributed by atoms with Crippen molar-refractivity contribution in [1.29, 1.82) is 0 Å². The minimum absolute atomic E-state index is 0.119. The van der Waals surface area contributed by atoms with Gasteiger partial charge in [0.2, 0.25) is 5.91 Å². The van der Waals surface area contributed by atoms with Gasteiger partial charge in [0.15, 0.2) is 5.16 Å². The van der Waals surface area contributed by atoms with Gasteiger partial charge in [-0.2, -0.15) is 0 Å². The van der Waals surface area contributed by atoms with Crippen LogP contribution in [0.4, 0.5) is 5.69 Å². The number of methoxy groups -OCH3 is 1. The number of ether oxygens (including phenoxy) is 2. The number of hydrogen-bond acceptors (Lipinski definition) is 6. The third kappa shape index (κ3) is 6.22. The van der Waals surface area contributed by atoms with Crippen LogP contribution in [0.2, 0.25) is 0 Å². The van der Waals surface area contributed by atoms with Crippen LogP contribution in [-0.2, 0) is 11.2 Å². The molecule has 7 nitrogen and oxygen atoms in total. The summed E-state index contributed by atoms with van der Waals surface area (Å²) in [6.07, 6.45) is 0.619. The summed E-state index contributed by atoms with van der Waals surface area (Å²) in [6.45, 7) is 4.42. The molecule has 1 unspecified atom stereocenters. The molecular weight excluding hydrogens is 460 g/mol. The van der Waals surface area contributed by atoms with E-state index in [1.165, 1.54) is 11.8 Å². The summed E-state index contributed by atoms with van der Waals surface area (Å²) >= 11 is 1.37. The summed E-state index contributed by atoms with van der Waals surface area (Å²) in [6, 6.07) is 25.2. The van der Waals surface area contributed by atoms with Crippen molar-refractivity contribution in [2.24, 2.45) is 0 Å². The van der Waals surface area contributed by atoms with Crippen molar-refractivity contribution in [3.8, 4) is 17.2 Å². The van der Waals surface area contributed by atoms with Gasteiger partial charge in [-0.3, -0.25) is 9.36 Å².